The number of ether oxygens (including phenoxy) is 2. The molecule has 2 fully saturated rings. The number of carbonyl (C=O) groups excluding carboxylic acids is 3. The summed E-state index contributed by atoms with van der Waals surface area (Å²) in [5, 5.41) is 5.60. The van der Waals surface area contributed by atoms with Crippen molar-refractivity contribution in [2.75, 3.05) is 19.7 Å². The molecule has 1 aliphatic heterocycles. The minimum absolute atomic E-state index is 0.0778. The number of thiocarbonyl (C=S) groups is 1. The Balaban J connectivity index is 1.49. The maximum atomic E-state index is 12.8. The summed E-state index contributed by atoms with van der Waals surface area (Å²) in [6.07, 6.45) is 10.7. The van der Waals surface area contributed by atoms with E-state index in [1.54, 1.807) is 29.2 Å². The average molecular weight is 518 g/mol. The molecule has 1 saturated heterocycles. The Labute approximate surface area is 219 Å². The lowest BCUT2D eigenvalue weighted by Crippen LogP contribution is -2.60. The molecule has 36 heavy (non-hydrogen) atoms. The van der Waals surface area contributed by atoms with Crippen LogP contribution in [-0.4, -0.2) is 59.6 Å². The molecule has 198 valence electrons. The summed E-state index contributed by atoms with van der Waals surface area (Å²) in [5.41, 5.74) is 0.433. The first-order valence-electron chi connectivity index (χ1n) is 13.3. The van der Waals surface area contributed by atoms with Gasteiger partial charge >= 0.3 is 5.97 Å². The van der Waals surface area contributed by atoms with E-state index in [4.69, 9.17) is 21.7 Å². The van der Waals surface area contributed by atoms with Gasteiger partial charge in [-0.2, -0.15) is 0 Å². The number of rotatable bonds is 11. The smallest absolute Gasteiger partial charge is 0.308 e. The molecule has 2 amide bonds. The summed E-state index contributed by atoms with van der Waals surface area (Å²) < 4.78 is 11.4. The van der Waals surface area contributed by atoms with Crippen molar-refractivity contribution in [3.8, 4) is 5.75 Å². The summed E-state index contributed by atoms with van der Waals surface area (Å²) in [5.74, 6) is -0.367. The highest BCUT2D eigenvalue weighted by atomic mass is 32.1. The van der Waals surface area contributed by atoms with E-state index in [1.807, 2.05) is 0 Å². The van der Waals surface area contributed by atoms with Crippen molar-refractivity contribution < 1.29 is 23.9 Å². The first kappa shape index (κ1) is 27.9. The van der Waals surface area contributed by atoms with Crippen LogP contribution in [0.2, 0.25) is 0 Å². The molecule has 2 aliphatic rings. The fourth-order valence-corrected chi connectivity index (χ4v) is 4.89. The highest BCUT2D eigenvalue weighted by Gasteiger charge is 2.35. The number of nitrogens with zero attached hydrogens (tertiary/aromatic N) is 1. The molecule has 0 bridgehead atoms. The quantitative estimate of drug-likeness (QED) is 0.259. The normalized spacial score (nSPS) is 18.3. The standard InChI is InChI=1S/C27H39N3O5S/c1-2-3-4-5-9-18-34-21-14-12-20(13-15-21)25(32)29-27(36)30-17-16-28-26(33)23(30)19-24(31)35-22-10-7-6-8-11-22/h12-15,22-23H,2-11,16-19H2,1H3,(H,28,33)(H,29,32,36). The van der Waals surface area contributed by atoms with E-state index in [1.165, 1.54) is 19.3 Å². The summed E-state index contributed by atoms with van der Waals surface area (Å²) in [7, 11) is 0. The summed E-state index contributed by atoms with van der Waals surface area (Å²) in [6.45, 7) is 3.63. The van der Waals surface area contributed by atoms with Crippen LogP contribution >= 0.6 is 12.2 Å². The predicted octanol–water partition coefficient (Wildman–Crippen LogP) is 4.12. The predicted molar refractivity (Wildman–Crippen MR) is 142 cm³/mol. The molecule has 9 heteroatoms. The second-order valence-corrected chi connectivity index (χ2v) is 9.89. The molecule has 0 aromatic heterocycles. The molecule has 1 aromatic rings. The number of esters is 1. The van der Waals surface area contributed by atoms with Crippen LogP contribution in [0.4, 0.5) is 0 Å². The van der Waals surface area contributed by atoms with Crippen molar-refractivity contribution in [2.45, 2.75) is 89.7 Å². The van der Waals surface area contributed by atoms with Crippen LogP contribution in [0.3, 0.4) is 0 Å². The fourth-order valence-electron chi connectivity index (χ4n) is 4.57. The van der Waals surface area contributed by atoms with Crippen LogP contribution in [0.5, 0.6) is 5.75 Å². The third kappa shape index (κ3) is 8.76. The Morgan fingerprint density at radius 2 is 1.81 bits per heavy atom. The molecule has 1 aromatic carbocycles. The molecule has 3 rings (SSSR count). The van der Waals surface area contributed by atoms with E-state index >= 15 is 0 Å². The van der Waals surface area contributed by atoms with Gasteiger partial charge in [0.1, 0.15) is 17.9 Å². The molecular formula is C27H39N3O5S. The van der Waals surface area contributed by atoms with Crippen molar-refractivity contribution in [1.29, 1.82) is 0 Å². The molecule has 1 unspecified atom stereocenters. The highest BCUT2D eigenvalue weighted by molar-refractivity contribution is 7.80. The Hall–Kier alpha value is -2.68. The maximum absolute atomic E-state index is 12.8. The van der Waals surface area contributed by atoms with Crippen LogP contribution in [-0.2, 0) is 14.3 Å². The molecule has 1 heterocycles. The third-order valence-corrected chi connectivity index (χ3v) is 6.99. The molecule has 1 aliphatic carbocycles. The average Bonchev–Trinajstić information content (AvgIpc) is 2.88. The topological polar surface area (TPSA) is 97.0 Å². The van der Waals surface area contributed by atoms with Crippen molar-refractivity contribution in [2.24, 2.45) is 0 Å². The number of benzene rings is 1. The van der Waals surface area contributed by atoms with Crippen molar-refractivity contribution in [3.05, 3.63) is 29.8 Å². The zero-order valence-electron chi connectivity index (χ0n) is 21.3. The zero-order valence-corrected chi connectivity index (χ0v) is 22.1. The number of carbonyl (C=O) groups is 3. The van der Waals surface area contributed by atoms with Gasteiger partial charge in [-0.05, 0) is 68.6 Å². The highest BCUT2D eigenvalue weighted by Crippen LogP contribution is 2.22. The van der Waals surface area contributed by atoms with Gasteiger partial charge in [0, 0.05) is 18.7 Å². The third-order valence-electron chi connectivity index (χ3n) is 6.66. The largest absolute Gasteiger partial charge is 0.494 e. The lowest BCUT2D eigenvalue weighted by Gasteiger charge is -2.36. The minimum Gasteiger partial charge on any atom is -0.494 e. The number of hydrogen-bond donors (Lipinski definition) is 2. The monoisotopic (exact) mass is 517 g/mol. The van der Waals surface area contributed by atoms with Crippen molar-refractivity contribution >= 4 is 35.1 Å². The van der Waals surface area contributed by atoms with Gasteiger partial charge in [0.2, 0.25) is 5.91 Å². The second kappa shape index (κ2) is 14.8. The van der Waals surface area contributed by atoms with E-state index in [0.29, 0.717) is 31.0 Å². The Bertz CT molecular complexity index is 886. The molecule has 0 spiro atoms. The number of nitrogens with one attached hydrogen (secondary N) is 2. The molecule has 0 radical (unpaired) electrons. The van der Waals surface area contributed by atoms with Crippen molar-refractivity contribution in [1.82, 2.24) is 15.5 Å². The van der Waals surface area contributed by atoms with Gasteiger partial charge < -0.3 is 19.7 Å². The van der Waals surface area contributed by atoms with E-state index in [9.17, 15) is 14.4 Å². The van der Waals surface area contributed by atoms with Gasteiger partial charge in [-0.15, -0.1) is 0 Å². The van der Waals surface area contributed by atoms with E-state index in [2.05, 4.69) is 17.6 Å². The van der Waals surface area contributed by atoms with Crippen LogP contribution in [0, 0.1) is 0 Å². The Morgan fingerprint density at radius 1 is 1.08 bits per heavy atom. The summed E-state index contributed by atoms with van der Waals surface area (Å²) >= 11 is 5.46. The number of unbranched alkanes of at least 4 members (excludes halogenated alkanes) is 4. The van der Waals surface area contributed by atoms with E-state index in [-0.39, 0.29) is 29.5 Å². The van der Waals surface area contributed by atoms with Crippen LogP contribution in [0.1, 0.15) is 87.9 Å². The van der Waals surface area contributed by atoms with Crippen LogP contribution < -0.4 is 15.4 Å². The Kier molecular flexibility index (Phi) is 11.5. The molecule has 2 N–H and O–H groups in total. The molecular weight excluding hydrogens is 478 g/mol. The lowest BCUT2D eigenvalue weighted by molar-refractivity contribution is -0.153. The first-order valence-corrected chi connectivity index (χ1v) is 13.7. The van der Waals surface area contributed by atoms with Gasteiger partial charge in [-0.3, -0.25) is 19.7 Å². The molecule has 1 saturated carbocycles. The Morgan fingerprint density at radius 3 is 2.53 bits per heavy atom. The van der Waals surface area contributed by atoms with Gasteiger partial charge in [0.25, 0.3) is 5.91 Å². The summed E-state index contributed by atoms with van der Waals surface area (Å²) in [6, 6.07) is 6.10. The number of hydrogen-bond acceptors (Lipinski definition) is 6. The lowest BCUT2D eigenvalue weighted by atomic mass is 9.98. The second-order valence-electron chi connectivity index (χ2n) is 9.50. The van der Waals surface area contributed by atoms with Crippen LogP contribution in [0.15, 0.2) is 24.3 Å². The molecule has 1 atom stereocenters. The molecule has 8 nitrogen and oxygen atoms in total. The van der Waals surface area contributed by atoms with E-state index < -0.39 is 12.0 Å². The van der Waals surface area contributed by atoms with Gasteiger partial charge in [0.15, 0.2) is 5.11 Å². The van der Waals surface area contributed by atoms with Gasteiger partial charge in [-0.1, -0.05) is 39.0 Å². The maximum Gasteiger partial charge on any atom is 0.308 e. The van der Waals surface area contributed by atoms with E-state index in [0.717, 1.165) is 44.9 Å². The van der Waals surface area contributed by atoms with Crippen LogP contribution in [0.25, 0.3) is 0 Å². The number of piperazine rings is 1. The van der Waals surface area contributed by atoms with Gasteiger partial charge in [-0.25, -0.2) is 0 Å². The number of amides is 2. The summed E-state index contributed by atoms with van der Waals surface area (Å²) in [4.78, 5) is 39.5. The fraction of sp³-hybridized carbons (Fsp3) is 0.630. The minimum atomic E-state index is -0.809. The zero-order chi connectivity index (χ0) is 25.8. The van der Waals surface area contributed by atoms with Crippen molar-refractivity contribution in [3.63, 3.8) is 0 Å². The first-order chi connectivity index (χ1) is 17.5. The van der Waals surface area contributed by atoms with Gasteiger partial charge in [0.05, 0.1) is 13.0 Å². The SMILES string of the molecule is CCCCCCCOc1ccc(C(=O)NC(=S)N2CCNC(=O)C2CC(=O)OC2CCCCC2)cc1.